The van der Waals surface area contributed by atoms with Crippen LogP contribution in [0.4, 0.5) is 45.3 Å². The number of pyridine rings is 2. The maximum atomic E-state index is 13.6. The van der Waals surface area contributed by atoms with E-state index < -0.39 is 42.1 Å². The second-order valence-corrected chi connectivity index (χ2v) is 10.2. The predicted molar refractivity (Wildman–Crippen MR) is 147 cm³/mol. The molecule has 1 fully saturated rings. The highest BCUT2D eigenvalue weighted by Crippen LogP contribution is 2.34. The number of hydrogen-bond donors (Lipinski definition) is 3. The van der Waals surface area contributed by atoms with Crippen molar-refractivity contribution in [2.24, 2.45) is 0 Å². The standard InChI is InChI=1S/C24H22F3N5O3.2C2HF3O2/c1-13(33)31-6-7-32(21(10-31)14-2-4-15(5-3-14)24(25,26)27)23(34)19-8-16-17-11-35-12-18(17)22(28)30-20(16)9-29-19;2*3-2(4,5)1(6)7/h2-5,8-9,21H,6-7,10-12H2,1H3,(H2,28,30);2*(H,6,7)/t21-;;/m1../s1. The van der Waals surface area contributed by atoms with Gasteiger partial charge in [-0.15, -0.1) is 0 Å². The van der Waals surface area contributed by atoms with Crippen LogP contribution in [0.5, 0.6) is 0 Å². The van der Waals surface area contributed by atoms with E-state index in [2.05, 4.69) is 9.97 Å². The van der Waals surface area contributed by atoms with Gasteiger partial charge in [-0.3, -0.25) is 9.59 Å². The molecule has 2 amide bonds. The highest BCUT2D eigenvalue weighted by Gasteiger charge is 2.39. The van der Waals surface area contributed by atoms with E-state index in [1.54, 1.807) is 15.9 Å². The van der Waals surface area contributed by atoms with E-state index in [-0.39, 0.29) is 30.6 Å². The van der Waals surface area contributed by atoms with Gasteiger partial charge >= 0.3 is 30.5 Å². The van der Waals surface area contributed by atoms with Crippen molar-refractivity contribution in [2.75, 3.05) is 25.4 Å². The molecule has 2 aliphatic rings. The van der Waals surface area contributed by atoms with Crippen LogP contribution < -0.4 is 5.73 Å². The minimum atomic E-state index is -5.08. The summed E-state index contributed by atoms with van der Waals surface area (Å²) in [5.74, 6) is -5.70. The normalized spacial score (nSPS) is 16.2. The van der Waals surface area contributed by atoms with Crippen molar-refractivity contribution in [3.8, 4) is 0 Å². The highest BCUT2D eigenvalue weighted by atomic mass is 19.4. The van der Waals surface area contributed by atoms with Gasteiger partial charge in [0.2, 0.25) is 5.91 Å². The summed E-state index contributed by atoms with van der Waals surface area (Å²) in [5.41, 5.74) is 8.11. The fourth-order valence-corrected chi connectivity index (χ4v) is 4.63. The molecule has 0 unspecified atom stereocenters. The lowest BCUT2D eigenvalue weighted by molar-refractivity contribution is -0.193. The highest BCUT2D eigenvalue weighted by molar-refractivity contribution is 5.97. The maximum Gasteiger partial charge on any atom is 0.490 e. The lowest BCUT2D eigenvalue weighted by atomic mass is 9.99. The first kappa shape index (κ1) is 38.2. The predicted octanol–water partition coefficient (Wildman–Crippen LogP) is 4.57. The molecule has 266 valence electrons. The Bertz CT molecular complexity index is 1710. The number of aliphatic carboxylic acids is 2. The van der Waals surface area contributed by atoms with Gasteiger partial charge < -0.3 is 30.5 Å². The molecule has 21 heteroatoms. The number of carbonyl (C=O) groups is 4. The van der Waals surface area contributed by atoms with Crippen LogP contribution in [-0.2, 0) is 38.5 Å². The molecule has 12 nitrogen and oxygen atoms in total. The van der Waals surface area contributed by atoms with Crippen molar-refractivity contribution >= 4 is 40.5 Å². The van der Waals surface area contributed by atoms with Crippen molar-refractivity contribution in [1.82, 2.24) is 19.8 Å². The van der Waals surface area contributed by atoms with Crippen molar-refractivity contribution < 1.29 is 73.6 Å². The summed E-state index contributed by atoms with van der Waals surface area (Å²) in [7, 11) is 0. The number of rotatable bonds is 2. The molecule has 0 spiro atoms. The Balaban J connectivity index is 0.000000392. The fourth-order valence-electron chi connectivity index (χ4n) is 4.63. The average Bonchev–Trinajstić information content (AvgIpc) is 3.51. The van der Waals surface area contributed by atoms with Gasteiger partial charge in [0, 0.05) is 37.5 Å². The molecule has 1 aromatic carbocycles. The smallest absolute Gasteiger partial charge is 0.475 e. The van der Waals surface area contributed by atoms with Crippen LogP contribution in [0.2, 0.25) is 0 Å². The topological polar surface area (TPSA) is 176 Å². The molecular weight excluding hydrogens is 689 g/mol. The lowest BCUT2D eigenvalue weighted by Gasteiger charge is -2.41. The number of alkyl halides is 9. The molecule has 2 aliphatic heterocycles. The van der Waals surface area contributed by atoms with Gasteiger partial charge in [-0.05, 0) is 29.3 Å². The molecule has 0 radical (unpaired) electrons. The largest absolute Gasteiger partial charge is 0.490 e. The molecule has 2 aromatic heterocycles. The summed E-state index contributed by atoms with van der Waals surface area (Å²) in [6.45, 7) is 2.81. The summed E-state index contributed by atoms with van der Waals surface area (Å²) in [6, 6.07) is 5.69. The average molecular weight is 714 g/mol. The van der Waals surface area contributed by atoms with Gasteiger partial charge in [-0.1, -0.05) is 12.1 Å². The van der Waals surface area contributed by atoms with Crippen LogP contribution in [0, 0.1) is 0 Å². The zero-order valence-electron chi connectivity index (χ0n) is 24.8. The van der Waals surface area contributed by atoms with E-state index in [0.29, 0.717) is 36.7 Å². The van der Waals surface area contributed by atoms with Crippen LogP contribution in [0.3, 0.4) is 0 Å². The minimum Gasteiger partial charge on any atom is -0.475 e. The number of piperazine rings is 1. The van der Waals surface area contributed by atoms with Gasteiger partial charge in [0.1, 0.15) is 11.5 Å². The Morgan fingerprint density at radius 2 is 1.41 bits per heavy atom. The molecule has 1 saturated heterocycles. The second kappa shape index (κ2) is 14.5. The van der Waals surface area contributed by atoms with E-state index in [1.165, 1.54) is 25.3 Å². The minimum absolute atomic E-state index is 0.168. The molecule has 3 aromatic rings. The molecule has 4 N–H and O–H groups in total. The molecule has 0 saturated carbocycles. The zero-order valence-corrected chi connectivity index (χ0v) is 24.8. The summed E-state index contributed by atoms with van der Waals surface area (Å²) >= 11 is 0. The first-order valence-electron chi connectivity index (χ1n) is 13.5. The number of anilines is 1. The van der Waals surface area contributed by atoms with Gasteiger partial charge in [0.25, 0.3) is 5.91 Å². The Kier molecular flexibility index (Phi) is 11.3. The van der Waals surface area contributed by atoms with E-state index >= 15 is 0 Å². The van der Waals surface area contributed by atoms with Crippen molar-refractivity contribution in [3.05, 3.63) is 64.5 Å². The second-order valence-electron chi connectivity index (χ2n) is 10.2. The van der Waals surface area contributed by atoms with Crippen LogP contribution in [0.15, 0.2) is 36.5 Å². The quantitative estimate of drug-likeness (QED) is 0.319. The molecule has 4 heterocycles. The third kappa shape index (κ3) is 9.45. The number of nitrogen functional groups attached to an aromatic ring is 1. The lowest BCUT2D eigenvalue weighted by Crippen LogP contribution is -2.52. The number of benzene rings is 1. The molecule has 5 rings (SSSR count). The number of halogens is 9. The van der Waals surface area contributed by atoms with Crippen LogP contribution in [0.1, 0.15) is 45.7 Å². The summed E-state index contributed by atoms with van der Waals surface area (Å²) in [6.07, 6.45) is -13.2. The monoisotopic (exact) mass is 713 g/mol. The van der Waals surface area contributed by atoms with Crippen molar-refractivity contribution in [3.63, 3.8) is 0 Å². The van der Waals surface area contributed by atoms with E-state index in [4.69, 9.17) is 30.3 Å². The maximum absolute atomic E-state index is 13.6. The van der Waals surface area contributed by atoms with Crippen molar-refractivity contribution in [2.45, 2.75) is 44.7 Å². The first-order chi connectivity index (χ1) is 22.5. The Morgan fingerprint density at radius 3 is 1.90 bits per heavy atom. The number of nitrogens with two attached hydrogens (primary N) is 1. The molecule has 0 aliphatic carbocycles. The number of fused-ring (bicyclic) bond motifs is 3. The number of carboxylic acid groups (broad SMARTS) is 2. The van der Waals surface area contributed by atoms with Gasteiger partial charge in [0.15, 0.2) is 0 Å². The van der Waals surface area contributed by atoms with Crippen LogP contribution in [0.25, 0.3) is 10.9 Å². The summed E-state index contributed by atoms with van der Waals surface area (Å²) < 4.78 is 108. The van der Waals surface area contributed by atoms with E-state index in [1.807, 2.05) is 0 Å². The first-order valence-corrected chi connectivity index (χ1v) is 13.5. The molecule has 49 heavy (non-hydrogen) atoms. The summed E-state index contributed by atoms with van der Waals surface area (Å²) in [4.78, 5) is 55.2. The molecule has 0 bridgehead atoms. The van der Waals surface area contributed by atoms with Gasteiger partial charge in [-0.25, -0.2) is 19.6 Å². The molecule has 1 atom stereocenters. The van der Waals surface area contributed by atoms with Crippen molar-refractivity contribution in [1.29, 1.82) is 0 Å². The number of aromatic nitrogens is 2. The Labute approximate surface area is 268 Å². The third-order valence-corrected chi connectivity index (χ3v) is 7.03. The summed E-state index contributed by atoms with van der Waals surface area (Å²) in [5, 5.41) is 15.0. The number of amides is 2. The van der Waals surface area contributed by atoms with E-state index in [0.717, 1.165) is 28.6 Å². The number of ether oxygens (including phenoxy) is 1. The van der Waals surface area contributed by atoms with Gasteiger partial charge in [-0.2, -0.15) is 39.5 Å². The number of carboxylic acids is 2. The Morgan fingerprint density at radius 1 is 0.878 bits per heavy atom. The Hall–Kier alpha value is -5.21. The van der Waals surface area contributed by atoms with Crippen LogP contribution >= 0.6 is 0 Å². The third-order valence-electron chi connectivity index (χ3n) is 7.03. The fraction of sp³-hybridized carbons (Fsp3) is 0.357. The zero-order chi connectivity index (χ0) is 37.1. The van der Waals surface area contributed by atoms with E-state index in [9.17, 15) is 49.1 Å². The number of nitrogens with zero attached hydrogens (tertiary/aromatic N) is 4. The number of carbonyl (C=O) groups excluding carboxylic acids is 2. The van der Waals surface area contributed by atoms with Gasteiger partial charge in [0.05, 0.1) is 36.5 Å². The molecular formula is C28H24F9N5O7. The van der Waals surface area contributed by atoms with Crippen LogP contribution in [-0.4, -0.2) is 85.7 Å². The SMILES string of the molecule is CC(=O)N1CCN(C(=O)c2cc3c4c(c(N)nc3cn2)COC4)[C@@H](c2ccc(C(F)(F)F)cc2)C1.O=C(O)C(F)(F)F.O=C(O)C(F)(F)F. The number of hydrogen-bond acceptors (Lipinski definition) is 8.